The van der Waals surface area contributed by atoms with Crippen molar-refractivity contribution in [1.29, 1.82) is 0 Å². The van der Waals surface area contributed by atoms with Gasteiger partial charge in [0.05, 0.1) is 18.9 Å². The number of pyridine rings is 1. The molecule has 1 unspecified atom stereocenters. The molecule has 2 aliphatic rings. The van der Waals surface area contributed by atoms with E-state index in [4.69, 9.17) is 4.74 Å². The highest BCUT2D eigenvalue weighted by molar-refractivity contribution is 7.86. The number of ether oxygens (including phenoxy) is 1. The molecular formula is C17H28N4O3S. The molecule has 8 heteroatoms. The fourth-order valence-corrected chi connectivity index (χ4v) is 5.01. The van der Waals surface area contributed by atoms with Crippen LogP contribution in [-0.4, -0.2) is 79.8 Å². The lowest BCUT2D eigenvalue weighted by atomic mass is 9.77. The Morgan fingerprint density at radius 3 is 2.76 bits per heavy atom. The molecule has 7 nitrogen and oxygen atoms in total. The van der Waals surface area contributed by atoms with Gasteiger partial charge in [-0.1, -0.05) is 6.07 Å². The van der Waals surface area contributed by atoms with E-state index < -0.39 is 10.2 Å². The van der Waals surface area contributed by atoms with Gasteiger partial charge in [0.25, 0.3) is 10.2 Å². The molecule has 0 amide bonds. The van der Waals surface area contributed by atoms with Crippen LogP contribution < -0.4 is 0 Å². The molecule has 25 heavy (non-hydrogen) atoms. The third-order valence-electron chi connectivity index (χ3n) is 5.41. The second-order valence-corrected chi connectivity index (χ2v) is 9.54. The highest BCUT2D eigenvalue weighted by atomic mass is 32.2. The average molecular weight is 369 g/mol. The molecule has 1 aromatic heterocycles. The van der Waals surface area contributed by atoms with E-state index in [0.717, 1.165) is 25.1 Å². The van der Waals surface area contributed by atoms with E-state index in [-0.39, 0.29) is 5.54 Å². The van der Waals surface area contributed by atoms with Crippen molar-refractivity contribution in [1.82, 2.24) is 18.5 Å². The van der Waals surface area contributed by atoms with Gasteiger partial charge in [-0.05, 0) is 44.5 Å². The monoisotopic (exact) mass is 368 g/mol. The molecule has 1 spiro atoms. The van der Waals surface area contributed by atoms with Crippen molar-refractivity contribution in [2.45, 2.75) is 25.0 Å². The Bertz CT molecular complexity index is 674. The predicted octanol–water partition coefficient (Wildman–Crippen LogP) is 0.801. The quantitative estimate of drug-likeness (QED) is 0.743. The maximum absolute atomic E-state index is 12.3. The molecule has 2 fully saturated rings. The Kier molecular flexibility index (Phi) is 5.45. The molecule has 0 radical (unpaired) electrons. The number of aromatic nitrogens is 1. The van der Waals surface area contributed by atoms with Gasteiger partial charge in [-0.3, -0.25) is 9.88 Å². The van der Waals surface area contributed by atoms with E-state index in [0.29, 0.717) is 32.2 Å². The van der Waals surface area contributed by atoms with Gasteiger partial charge >= 0.3 is 0 Å². The summed E-state index contributed by atoms with van der Waals surface area (Å²) in [6.07, 6.45) is 3.84. The number of hydrogen-bond donors (Lipinski definition) is 0. The van der Waals surface area contributed by atoms with Crippen LogP contribution in [0.5, 0.6) is 0 Å². The minimum absolute atomic E-state index is 0.0413. The van der Waals surface area contributed by atoms with Gasteiger partial charge < -0.3 is 4.74 Å². The van der Waals surface area contributed by atoms with Crippen molar-refractivity contribution >= 4 is 10.2 Å². The lowest BCUT2D eigenvalue weighted by Gasteiger charge is -2.58. The first-order valence-corrected chi connectivity index (χ1v) is 10.1. The summed E-state index contributed by atoms with van der Waals surface area (Å²) < 4.78 is 33.2. The summed E-state index contributed by atoms with van der Waals surface area (Å²) in [5.74, 6) is 0.462. The van der Waals surface area contributed by atoms with Gasteiger partial charge in [0.1, 0.15) is 0 Å². The predicted molar refractivity (Wildman–Crippen MR) is 96.2 cm³/mol. The first-order chi connectivity index (χ1) is 11.8. The molecule has 0 N–H and O–H groups in total. The second kappa shape index (κ2) is 7.28. The zero-order valence-electron chi connectivity index (χ0n) is 15.3. The standard InChI is InChI=1S/C17H28N4O3S/c1-19(2)25(22,23)21-13-17(14-21)10-15(7-9-20(17)3)11-24-12-16-6-4-5-8-18-16/h4-6,8,15H,7,9-14H2,1-3H3. The molecule has 0 saturated carbocycles. The SMILES string of the molecule is CN1CCC(COCc2ccccn2)CC12CN(S(=O)(=O)N(C)C)C2. The normalized spacial score (nSPS) is 24.6. The van der Waals surface area contributed by atoms with E-state index in [9.17, 15) is 8.42 Å². The molecule has 0 bridgehead atoms. The highest BCUT2D eigenvalue weighted by Gasteiger charge is 2.53. The van der Waals surface area contributed by atoms with Crippen LogP contribution in [0.15, 0.2) is 24.4 Å². The van der Waals surface area contributed by atoms with Crippen LogP contribution in [0.25, 0.3) is 0 Å². The van der Waals surface area contributed by atoms with Crippen LogP contribution in [0.3, 0.4) is 0 Å². The van der Waals surface area contributed by atoms with Crippen molar-refractivity contribution in [3.8, 4) is 0 Å². The lowest BCUT2D eigenvalue weighted by molar-refractivity contribution is -0.0614. The topological polar surface area (TPSA) is 66.0 Å². The summed E-state index contributed by atoms with van der Waals surface area (Å²) >= 11 is 0. The van der Waals surface area contributed by atoms with E-state index >= 15 is 0 Å². The largest absolute Gasteiger partial charge is 0.375 e. The van der Waals surface area contributed by atoms with Crippen LogP contribution in [-0.2, 0) is 21.6 Å². The summed E-state index contributed by atoms with van der Waals surface area (Å²) in [4.78, 5) is 6.59. The summed E-state index contributed by atoms with van der Waals surface area (Å²) in [6, 6.07) is 5.82. The van der Waals surface area contributed by atoms with Crippen molar-refractivity contribution in [3.05, 3.63) is 30.1 Å². The Morgan fingerprint density at radius 2 is 2.12 bits per heavy atom. The molecule has 2 aliphatic heterocycles. The minimum atomic E-state index is -3.31. The maximum atomic E-state index is 12.3. The van der Waals surface area contributed by atoms with E-state index in [1.165, 1.54) is 4.31 Å². The number of piperidine rings is 1. The third-order valence-corrected chi connectivity index (χ3v) is 7.24. The third kappa shape index (κ3) is 3.88. The number of hydrogen-bond acceptors (Lipinski definition) is 5. The molecule has 3 heterocycles. The van der Waals surface area contributed by atoms with Crippen molar-refractivity contribution < 1.29 is 13.2 Å². The first-order valence-electron chi connectivity index (χ1n) is 8.70. The summed E-state index contributed by atoms with van der Waals surface area (Å²) in [5, 5.41) is 0. The first kappa shape index (κ1) is 18.7. The Morgan fingerprint density at radius 1 is 1.36 bits per heavy atom. The maximum Gasteiger partial charge on any atom is 0.281 e. The molecule has 0 aromatic carbocycles. The fourth-order valence-electron chi connectivity index (χ4n) is 3.74. The molecular weight excluding hydrogens is 340 g/mol. The molecule has 1 atom stereocenters. The Hall–Kier alpha value is -1.06. The van der Waals surface area contributed by atoms with Gasteiger partial charge in [0.15, 0.2) is 0 Å². The van der Waals surface area contributed by atoms with E-state index in [1.54, 1.807) is 24.6 Å². The van der Waals surface area contributed by atoms with Crippen LogP contribution >= 0.6 is 0 Å². The van der Waals surface area contributed by atoms with Crippen LogP contribution in [0.1, 0.15) is 18.5 Å². The van der Waals surface area contributed by atoms with Crippen LogP contribution in [0.4, 0.5) is 0 Å². The van der Waals surface area contributed by atoms with E-state index in [2.05, 4.69) is 16.9 Å². The van der Waals surface area contributed by atoms with E-state index in [1.807, 2.05) is 18.2 Å². The molecule has 0 aliphatic carbocycles. The minimum Gasteiger partial charge on any atom is -0.375 e. The smallest absolute Gasteiger partial charge is 0.281 e. The number of likely N-dealkylation sites (N-methyl/N-ethyl adjacent to an activating group) is 1. The molecule has 140 valence electrons. The second-order valence-electron chi connectivity index (χ2n) is 7.40. The number of likely N-dealkylation sites (tertiary alicyclic amines) is 1. The average Bonchev–Trinajstić information content (AvgIpc) is 2.55. The molecule has 2 saturated heterocycles. The van der Waals surface area contributed by atoms with Gasteiger partial charge in [-0.2, -0.15) is 17.0 Å². The van der Waals surface area contributed by atoms with Crippen molar-refractivity contribution in [2.75, 3.05) is 47.4 Å². The van der Waals surface area contributed by atoms with Crippen LogP contribution in [0, 0.1) is 5.92 Å². The number of nitrogens with zero attached hydrogens (tertiary/aromatic N) is 4. The van der Waals surface area contributed by atoms with Gasteiger partial charge in [-0.25, -0.2) is 0 Å². The fraction of sp³-hybridized carbons (Fsp3) is 0.706. The zero-order valence-corrected chi connectivity index (χ0v) is 16.1. The summed E-state index contributed by atoms with van der Waals surface area (Å²) in [7, 11) is 1.96. The summed E-state index contributed by atoms with van der Waals surface area (Å²) in [5.41, 5.74) is 0.900. The highest BCUT2D eigenvalue weighted by Crippen LogP contribution is 2.39. The Balaban J connectivity index is 1.53. The number of rotatable bonds is 6. The Labute approximate surface area is 150 Å². The van der Waals surface area contributed by atoms with Gasteiger partial charge in [0.2, 0.25) is 0 Å². The van der Waals surface area contributed by atoms with Gasteiger partial charge in [0, 0.05) is 38.9 Å². The van der Waals surface area contributed by atoms with Crippen molar-refractivity contribution in [2.24, 2.45) is 5.92 Å². The van der Waals surface area contributed by atoms with Crippen molar-refractivity contribution in [3.63, 3.8) is 0 Å². The lowest BCUT2D eigenvalue weighted by Crippen LogP contribution is -2.73. The van der Waals surface area contributed by atoms with Crippen LogP contribution in [0.2, 0.25) is 0 Å². The zero-order chi connectivity index (χ0) is 18.1. The summed E-state index contributed by atoms with van der Waals surface area (Å²) in [6.45, 7) is 3.35. The molecule has 1 aromatic rings. The molecule has 3 rings (SSSR count). The van der Waals surface area contributed by atoms with Gasteiger partial charge in [-0.15, -0.1) is 0 Å².